The number of piperidine rings is 1. The minimum Gasteiger partial charge on any atom is -0.353 e. The molecule has 1 aromatic heterocycles. The zero-order valence-corrected chi connectivity index (χ0v) is 19.1. The normalized spacial score (nSPS) is 18.3. The minimum absolute atomic E-state index is 0.130. The van der Waals surface area contributed by atoms with Gasteiger partial charge in [0.25, 0.3) is 5.91 Å². The summed E-state index contributed by atoms with van der Waals surface area (Å²) >= 11 is 5.84. The molecule has 1 aromatic carbocycles. The van der Waals surface area contributed by atoms with Gasteiger partial charge in [0.2, 0.25) is 5.91 Å². The van der Waals surface area contributed by atoms with Crippen molar-refractivity contribution in [2.45, 2.75) is 57.5 Å². The summed E-state index contributed by atoms with van der Waals surface area (Å²) in [6.45, 7) is 2.63. The number of nitrogens with one attached hydrogen (secondary N) is 2. The highest BCUT2D eigenvalue weighted by molar-refractivity contribution is 6.30. The molecular weight excluding hydrogens is 424 g/mol. The maximum atomic E-state index is 12.6. The number of rotatable bonds is 6. The number of pyridine rings is 1. The third kappa shape index (κ3) is 6.30. The molecule has 1 aliphatic heterocycles. The molecule has 32 heavy (non-hydrogen) atoms. The highest BCUT2D eigenvalue weighted by Crippen LogP contribution is 2.23. The van der Waals surface area contributed by atoms with Gasteiger partial charge in [0.05, 0.1) is 5.02 Å². The Morgan fingerprint density at radius 2 is 1.81 bits per heavy atom. The summed E-state index contributed by atoms with van der Waals surface area (Å²) in [5.41, 5.74) is 2.20. The van der Waals surface area contributed by atoms with E-state index < -0.39 is 0 Å². The first-order chi connectivity index (χ1) is 15.6. The van der Waals surface area contributed by atoms with Gasteiger partial charge in [-0.3, -0.25) is 14.5 Å². The lowest BCUT2D eigenvalue weighted by Crippen LogP contribution is -2.44. The summed E-state index contributed by atoms with van der Waals surface area (Å²) in [5.74, 6) is 0.117. The van der Waals surface area contributed by atoms with Gasteiger partial charge < -0.3 is 10.6 Å². The van der Waals surface area contributed by atoms with Crippen molar-refractivity contribution in [1.29, 1.82) is 0 Å². The van der Waals surface area contributed by atoms with Crippen molar-refractivity contribution in [3.05, 3.63) is 58.9 Å². The molecule has 2 aliphatic rings. The van der Waals surface area contributed by atoms with E-state index in [9.17, 15) is 9.59 Å². The summed E-state index contributed by atoms with van der Waals surface area (Å²) in [5, 5.41) is 6.68. The smallest absolute Gasteiger partial charge is 0.274 e. The first kappa shape index (κ1) is 22.7. The molecular formula is C25H31ClN4O2. The molecule has 1 aliphatic carbocycles. The predicted molar refractivity (Wildman–Crippen MR) is 127 cm³/mol. The Morgan fingerprint density at radius 1 is 1.03 bits per heavy atom. The van der Waals surface area contributed by atoms with Crippen LogP contribution in [0.25, 0.3) is 0 Å². The number of hydrogen-bond acceptors (Lipinski definition) is 4. The number of halogens is 1. The Hall–Kier alpha value is -2.44. The van der Waals surface area contributed by atoms with Crippen molar-refractivity contribution < 1.29 is 9.59 Å². The monoisotopic (exact) mass is 454 g/mol. The summed E-state index contributed by atoms with van der Waals surface area (Å²) in [6.07, 6.45) is 9.29. The van der Waals surface area contributed by atoms with E-state index >= 15 is 0 Å². The van der Waals surface area contributed by atoms with Crippen LogP contribution in [-0.2, 0) is 11.3 Å². The Balaban J connectivity index is 1.25. The third-order valence-electron chi connectivity index (χ3n) is 6.46. The number of carbonyl (C=O) groups excluding carboxylic acids is 2. The quantitative estimate of drug-likeness (QED) is 0.666. The first-order valence-corrected chi connectivity index (χ1v) is 12.0. The molecule has 0 radical (unpaired) electrons. The lowest BCUT2D eigenvalue weighted by molar-refractivity contribution is -0.127. The van der Waals surface area contributed by atoms with Crippen molar-refractivity contribution in [1.82, 2.24) is 15.2 Å². The maximum Gasteiger partial charge on any atom is 0.274 e. The molecule has 0 unspecified atom stereocenters. The third-order valence-corrected chi connectivity index (χ3v) is 6.68. The van der Waals surface area contributed by atoms with Crippen molar-refractivity contribution in [2.24, 2.45) is 5.92 Å². The molecule has 1 saturated carbocycles. The topological polar surface area (TPSA) is 74.3 Å². The number of anilines is 1. The van der Waals surface area contributed by atoms with Gasteiger partial charge >= 0.3 is 0 Å². The second-order valence-corrected chi connectivity index (χ2v) is 9.35. The van der Waals surface area contributed by atoms with E-state index in [0.717, 1.165) is 56.6 Å². The van der Waals surface area contributed by atoms with Gasteiger partial charge in [-0.05, 0) is 68.6 Å². The lowest BCUT2D eigenvalue weighted by atomic mass is 9.92. The number of aromatic nitrogens is 1. The van der Waals surface area contributed by atoms with Crippen LogP contribution in [0.1, 0.15) is 61.0 Å². The van der Waals surface area contributed by atoms with E-state index in [1.54, 1.807) is 12.1 Å². The van der Waals surface area contributed by atoms with Gasteiger partial charge in [-0.1, -0.05) is 43.0 Å². The molecule has 4 rings (SSSR count). The van der Waals surface area contributed by atoms with E-state index in [2.05, 4.69) is 26.6 Å². The number of amides is 2. The minimum atomic E-state index is -0.261. The molecule has 2 N–H and O–H groups in total. The second-order valence-electron chi connectivity index (χ2n) is 8.91. The van der Waals surface area contributed by atoms with Crippen LogP contribution in [0.3, 0.4) is 0 Å². The molecule has 0 bridgehead atoms. The van der Waals surface area contributed by atoms with Gasteiger partial charge in [0.1, 0.15) is 5.69 Å². The molecule has 1 saturated heterocycles. The Bertz CT molecular complexity index is 920. The average molecular weight is 455 g/mol. The lowest BCUT2D eigenvalue weighted by Gasteiger charge is -2.32. The number of nitrogens with zero attached hydrogens (tertiary/aromatic N) is 2. The Labute approximate surface area is 194 Å². The van der Waals surface area contributed by atoms with Crippen molar-refractivity contribution in [2.75, 3.05) is 18.4 Å². The van der Waals surface area contributed by atoms with Crippen LogP contribution in [-0.4, -0.2) is 40.8 Å². The van der Waals surface area contributed by atoms with Crippen LogP contribution in [0.15, 0.2) is 42.6 Å². The predicted octanol–water partition coefficient (Wildman–Crippen LogP) is 4.65. The highest BCUT2D eigenvalue weighted by atomic mass is 35.5. The molecule has 0 atom stereocenters. The summed E-state index contributed by atoms with van der Waals surface area (Å²) in [7, 11) is 0. The molecule has 2 heterocycles. The molecule has 2 amide bonds. The van der Waals surface area contributed by atoms with E-state index in [1.165, 1.54) is 25.5 Å². The van der Waals surface area contributed by atoms with E-state index in [-0.39, 0.29) is 17.7 Å². The van der Waals surface area contributed by atoms with Gasteiger partial charge in [-0.2, -0.15) is 0 Å². The van der Waals surface area contributed by atoms with Crippen LogP contribution >= 0.6 is 11.6 Å². The van der Waals surface area contributed by atoms with Crippen molar-refractivity contribution in [3.63, 3.8) is 0 Å². The van der Waals surface area contributed by atoms with Gasteiger partial charge in [0, 0.05) is 30.4 Å². The zero-order valence-electron chi connectivity index (χ0n) is 18.4. The van der Waals surface area contributed by atoms with Crippen LogP contribution < -0.4 is 10.6 Å². The van der Waals surface area contributed by atoms with Crippen LogP contribution in [0.4, 0.5) is 5.69 Å². The van der Waals surface area contributed by atoms with Crippen LogP contribution in [0, 0.1) is 5.92 Å². The average Bonchev–Trinajstić information content (AvgIpc) is 2.81. The van der Waals surface area contributed by atoms with Crippen LogP contribution in [0.2, 0.25) is 5.02 Å². The fraction of sp³-hybridized carbons (Fsp3) is 0.480. The standard InChI is InChI=1S/C25H31ClN4O2/c26-20-9-10-23(27-16-20)25(32)29-22-8-4-5-18(15-22)17-30-13-11-19(12-14-30)24(31)28-21-6-2-1-3-7-21/h4-5,8-10,15-16,19,21H,1-3,6-7,11-14,17H2,(H,28,31)(H,29,32). The molecule has 7 heteroatoms. The van der Waals surface area contributed by atoms with Crippen molar-refractivity contribution in [3.8, 4) is 0 Å². The summed E-state index contributed by atoms with van der Waals surface area (Å²) < 4.78 is 0. The largest absolute Gasteiger partial charge is 0.353 e. The number of carbonyl (C=O) groups is 2. The fourth-order valence-electron chi connectivity index (χ4n) is 4.63. The Morgan fingerprint density at radius 3 is 2.53 bits per heavy atom. The zero-order chi connectivity index (χ0) is 22.3. The summed E-state index contributed by atoms with van der Waals surface area (Å²) in [4.78, 5) is 31.5. The van der Waals surface area contributed by atoms with E-state index in [1.807, 2.05) is 18.2 Å². The summed E-state index contributed by atoms with van der Waals surface area (Å²) in [6, 6.07) is 11.5. The molecule has 6 nitrogen and oxygen atoms in total. The van der Waals surface area contributed by atoms with Gasteiger partial charge in [-0.15, -0.1) is 0 Å². The second kappa shape index (κ2) is 10.9. The van der Waals surface area contributed by atoms with E-state index in [0.29, 0.717) is 16.8 Å². The molecule has 0 spiro atoms. The SMILES string of the molecule is O=C(Nc1cccc(CN2CCC(C(=O)NC3CCCCC3)CC2)c1)c1ccc(Cl)cn1. The fourth-order valence-corrected chi connectivity index (χ4v) is 4.74. The molecule has 170 valence electrons. The maximum absolute atomic E-state index is 12.6. The van der Waals surface area contributed by atoms with Gasteiger partial charge in [0.15, 0.2) is 0 Å². The van der Waals surface area contributed by atoms with E-state index in [4.69, 9.17) is 11.6 Å². The van der Waals surface area contributed by atoms with Crippen LogP contribution in [0.5, 0.6) is 0 Å². The number of benzene rings is 1. The molecule has 2 aromatic rings. The number of likely N-dealkylation sites (tertiary alicyclic amines) is 1. The van der Waals surface area contributed by atoms with Crippen molar-refractivity contribution >= 4 is 29.1 Å². The first-order valence-electron chi connectivity index (χ1n) is 11.6. The molecule has 2 fully saturated rings. The van der Waals surface area contributed by atoms with Gasteiger partial charge in [-0.25, -0.2) is 4.98 Å². The highest BCUT2D eigenvalue weighted by Gasteiger charge is 2.27. The number of hydrogen-bond donors (Lipinski definition) is 2. The Kier molecular flexibility index (Phi) is 7.76.